The van der Waals surface area contributed by atoms with Crippen molar-refractivity contribution >= 4 is 17.1 Å². The van der Waals surface area contributed by atoms with Crippen LogP contribution in [-0.4, -0.2) is 56.0 Å². The molecule has 0 N–H and O–H groups in total. The van der Waals surface area contributed by atoms with Gasteiger partial charge in [-0.05, 0) is 32.9 Å². The lowest BCUT2D eigenvalue weighted by atomic mass is 10.1. The minimum absolute atomic E-state index is 0.129. The number of nitrogens with zero attached hydrogens (tertiary/aromatic N) is 7. The highest BCUT2D eigenvalue weighted by Crippen LogP contribution is 2.32. The molecule has 9 nitrogen and oxygen atoms in total. The number of morpholine rings is 1. The predicted molar refractivity (Wildman–Crippen MR) is 125 cm³/mol. The van der Waals surface area contributed by atoms with Crippen LogP contribution in [0.4, 0.5) is 14.7 Å². The lowest BCUT2D eigenvalue weighted by molar-refractivity contribution is -0.0179. The highest BCUT2D eigenvalue weighted by molar-refractivity contribution is 5.88. The van der Waals surface area contributed by atoms with Crippen molar-refractivity contribution < 1.29 is 18.3 Å². The first-order valence-corrected chi connectivity index (χ1v) is 11.2. The average molecular weight is 482 g/mol. The maximum atomic E-state index is 14.8. The van der Waals surface area contributed by atoms with E-state index in [-0.39, 0.29) is 23.5 Å². The Bertz CT molecular complexity index is 1390. The van der Waals surface area contributed by atoms with Crippen LogP contribution in [0.25, 0.3) is 22.4 Å². The molecule has 1 fully saturated rings. The van der Waals surface area contributed by atoms with E-state index >= 15 is 0 Å². The molecule has 0 bridgehead atoms. The molecule has 0 amide bonds. The number of ether oxygens (including phenoxy) is 2. The second-order valence-electron chi connectivity index (χ2n) is 8.63. The molecule has 1 aliphatic heterocycles. The Labute approximate surface area is 200 Å². The van der Waals surface area contributed by atoms with Gasteiger partial charge in [-0.2, -0.15) is 10.1 Å². The summed E-state index contributed by atoms with van der Waals surface area (Å²) in [5.74, 6) is -1.02. The molecule has 1 saturated heterocycles. The Morgan fingerprint density at radius 2 is 1.89 bits per heavy atom. The number of methoxy groups -OCH3 is 1. The molecule has 4 aromatic rings. The van der Waals surface area contributed by atoms with Gasteiger partial charge in [0.25, 0.3) is 0 Å². The summed E-state index contributed by atoms with van der Waals surface area (Å²) in [5.41, 5.74) is 3.41. The van der Waals surface area contributed by atoms with Crippen LogP contribution >= 0.6 is 0 Å². The summed E-state index contributed by atoms with van der Waals surface area (Å²) in [5, 5.41) is 4.30. The van der Waals surface area contributed by atoms with Crippen molar-refractivity contribution in [3.8, 4) is 11.3 Å². The average Bonchev–Trinajstić information content (AvgIpc) is 3.28. The van der Waals surface area contributed by atoms with Gasteiger partial charge in [0.2, 0.25) is 5.95 Å². The molecule has 2 atom stereocenters. The molecule has 35 heavy (non-hydrogen) atoms. The van der Waals surface area contributed by atoms with Crippen LogP contribution in [0.3, 0.4) is 0 Å². The molecule has 0 saturated carbocycles. The van der Waals surface area contributed by atoms with Crippen LogP contribution in [0.2, 0.25) is 0 Å². The standard InChI is InChI=1S/C24H25F2N7O2/c1-13-9-32(11-20(35-13)16-8-27-33(10-16)12-34-4)24-30-21(18-6-5-17(25)7-19(18)26)22-23(31-24)29-15(3)14(2)28-22/h5-8,10,13,20H,9,11-12H2,1-4H3/t13-,20+/m1/s1. The van der Waals surface area contributed by atoms with E-state index in [9.17, 15) is 8.78 Å². The van der Waals surface area contributed by atoms with Crippen LogP contribution in [0.15, 0.2) is 30.6 Å². The maximum Gasteiger partial charge on any atom is 0.228 e. The highest BCUT2D eigenvalue weighted by Gasteiger charge is 2.30. The number of anilines is 1. The molecule has 0 aliphatic carbocycles. The van der Waals surface area contributed by atoms with Gasteiger partial charge in [-0.1, -0.05) is 0 Å². The Morgan fingerprint density at radius 1 is 1.09 bits per heavy atom. The SMILES string of the molecule is COCn1cc([C@@H]2CN(c3nc(-c4ccc(F)cc4F)c4nc(C)c(C)nc4n3)C[C@@H](C)O2)cn1. The van der Waals surface area contributed by atoms with E-state index in [0.717, 1.165) is 11.6 Å². The first kappa shape index (κ1) is 23.2. The van der Waals surface area contributed by atoms with Crippen LogP contribution in [-0.2, 0) is 16.2 Å². The third kappa shape index (κ3) is 4.56. The lowest BCUT2D eigenvalue weighted by Crippen LogP contribution is -2.43. The monoisotopic (exact) mass is 481 g/mol. The van der Waals surface area contributed by atoms with Gasteiger partial charge in [-0.25, -0.2) is 28.4 Å². The molecule has 1 aliphatic rings. The number of benzene rings is 1. The Morgan fingerprint density at radius 3 is 2.66 bits per heavy atom. The van der Waals surface area contributed by atoms with E-state index < -0.39 is 11.6 Å². The van der Waals surface area contributed by atoms with Gasteiger partial charge in [0.1, 0.15) is 35.7 Å². The highest BCUT2D eigenvalue weighted by atomic mass is 19.1. The van der Waals surface area contributed by atoms with Crippen LogP contribution in [0, 0.1) is 25.5 Å². The summed E-state index contributed by atoms with van der Waals surface area (Å²) in [7, 11) is 1.60. The van der Waals surface area contributed by atoms with Crippen molar-refractivity contribution in [2.45, 2.75) is 39.7 Å². The Hall–Kier alpha value is -3.57. The second-order valence-corrected chi connectivity index (χ2v) is 8.63. The number of hydrogen-bond donors (Lipinski definition) is 0. The van der Waals surface area contributed by atoms with Crippen LogP contribution < -0.4 is 4.90 Å². The molecular formula is C24H25F2N7O2. The molecule has 182 valence electrons. The van der Waals surface area contributed by atoms with Crippen molar-refractivity contribution in [1.29, 1.82) is 0 Å². The van der Waals surface area contributed by atoms with Crippen molar-refractivity contribution in [3.05, 3.63) is 59.2 Å². The fourth-order valence-electron chi connectivity index (χ4n) is 4.16. The summed E-state index contributed by atoms with van der Waals surface area (Å²) in [6, 6.07) is 3.40. The first-order chi connectivity index (χ1) is 16.8. The molecule has 0 unspecified atom stereocenters. The minimum atomic E-state index is -0.727. The molecular weight excluding hydrogens is 456 g/mol. The summed E-state index contributed by atoms with van der Waals surface area (Å²) < 4.78 is 41.4. The summed E-state index contributed by atoms with van der Waals surface area (Å²) >= 11 is 0. The molecule has 0 radical (unpaired) electrons. The van der Waals surface area contributed by atoms with E-state index in [2.05, 4.69) is 20.1 Å². The zero-order valence-corrected chi connectivity index (χ0v) is 19.9. The summed E-state index contributed by atoms with van der Waals surface area (Å²) in [6.45, 7) is 6.94. The normalized spacial score (nSPS) is 18.4. The second kappa shape index (κ2) is 9.23. The predicted octanol–water partition coefficient (Wildman–Crippen LogP) is 3.75. The zero-order chi connectivity index (χ0) is 24.7. The van der Waals surface area contributed by atoms with E-state index in [4.69, 9.17) is 14.5 Å². The lowest BCUT2D eigenvalue weighted by Gasteiger charge is -2.36. The number of hydrogen-bond acceptors (Lipinski definition) is 8. The van der Waals surface area contributed by atoms with E-state index in [0.29, 0.717) is 48.3 Å². The smallest absolute Gasteiger partial charge is 0.228 e. The van der Waals surface area contributed by atoms with Gasteiger partial charge in [-0.15, -0.1) is 0 Å². The molecule has 11 heteroatoms. The van der Waals surface area contributed by atoms with Crippen LogP contribution in [0.1, 0.15) is 30.0 Å². The van der Waals surface area contributed by atoms with E-state index in [1.807, 2.05) is 31.9 Å². The van der Waals surface area contributed by atoms with Crippen molar-refractivity contribution in [3.63, 3.8) is 0 Å². The number of aromatic nitrogens is 6. The first-order valence-electron chi connectivity index (χ1n) is 11.2. The molecule has 5 rings (SSSR count). The van der Waals surface area contributed by atoms with Crippen molar-refractivity contribution in [2.75, 3.05) is 25.1 Å². The number of rotatable bonds is 5. The van der Waals surface area contributed by atoms with Gasteiger partial charge < -0.3 is 14.4 Å². The van der Waals surface area contributed by atoms with Gasteiger partial charge in [0.15, 0.2) is 5.65 Å². The van der Waals surface area contributed by atoms with Gasteiger partial charge in [0.05, 0.1) is 30.2 Å². The number of aryl methyl sites for hydroxylation is 2. The van der Waals surface area contributed by atoms with E-state index in [1.54, 1.807) is 18.0 Å². The summed E-state index contributed by atoms with van der Waals surface area (Å²) in [4.78, 5) is 20.5. The fraction of sp³-hybridized carbons (Fsp3) is 0.375. The molecule has 4 heterocycles. The topological polar surface area (TPSA) is 91.1 Å². The largest absolute Gasteiger partial charge is 0.367 e. The fourth-order valence-corrected chi connectivity index (χ4v) is 4.16. The summed E-state index contributed by atoms with van der Waals surface area (Å²) in [6.07, 6.45) is 3.22. The van der Waals surface area contributed by atoms with Gasteiger partial charge in [0, 0.05) is 37.0 Å². The van der Waals surface area contributed by atoms with Gasteiger partial charge in [-0.3, -0.25) is 0 Å². The Kier molecular flexibility index (Phi) is 6.12. The zero-order valence-electron chi connectivity index (χ0n) is 19.9. The maximum absolute atomic E-state index is 14.8. The molecule has 0 spiro atoms. The quantitative estimate of drug-likeness (QED) is 0.426. The number of halogens is 2. The van der Waals surface area contributed by atoms with Gasteiger partial charge >= 0.3 is 0 Å². The minimum Gasteiger partial charge on any atom is -0.367 e. The Balaban J connectivity index is 1.59. The van der Waals surface area contributed by atoms with Crippen LogP contribution in [0.5, 0.6) is 0 Å². The van der Waals surface area contributed by atoms with Crippen molar-refractivity contribution in [2.24, 2.45) is 0 Å². The third-order valence-corrected chi connectivity index (χ3v) is 5.95. The number of fused-ring (bicyclic) bond motifs is 1. The van der Waals surface area contributed by atoms with E-state index in [1.165, 1.54) is 12.1 Å². The third-order valence-electron chi connectivity index (χ3n) is 5.95. The van der Waals surface area contributed by atoms with Crippen molar-refractivity contribution in [1.82, 2.24) is 29.7 Å². The molecule has 1 aromatic carbocycles. The molecule has 3 aromatic heterocycles.